The largest absolute Gasteiger partial charge is 0.352 e. The number of rotatable bonds is 5. The third-order valence-electron chi connectivity index (χ3n) is 6.55. The summed E-state index contributed by atoms with van der Waals surface area (Å²) < 4.78 is 29.1. The number of hydrogen-bond acceptors (Lipinski definition) is 7. The third-order valence-corrected chi connectivity index (χ3v) is 6.55. The number of alkyl halides is 2. The van der Waals surface area contributed by atoms with Crippen LogP contribution in [0.25, 0.3) is 0 Å². The molecule has 0 bridgehead atoms. The Hall–Kier alpha value is -4.15. The fraction of sp³-hybridized carbons (Fsp3) is 0.320. The minimum absolute atomic E-state index is 0.163. The standard InChI is InChI=1S/C25H25F2N7O2/c1-15-19(30-16(2)35)7-5-8-20(15)31-23-28-14-29-24(32-23)33-12-10-17(11-13-33)34-21-9-4-3-6-18(21)25(26,27)22(34)36/h3-9,14,17H,10-13H2,1-2H3,(H,30,35)(H,28,29,31,32). The molecule has 3 heterocycles. The number of para-hydroxylation sites is 1. The van der Waals surface area contributed by atoms with E-state index in [2.05, 4.69) is 25.6 Å². The van der Waals surface area contributed by atoms with E-state index in [0.29, 0.717) is 43.5 Å². The molecule has 9 nitrogen and oxygen atoms in total. The summed E-state index contributed by atoms with van der Waals surface area (Å²) in [6.07, 6.45) is 2.41. The van der Waals surface area contributed by atoms with Crippen molar-refractivity contribution in [2.75, 3.05) is 33.5 Å². The Morgan fingerprint density at radius 3 is 2.53 bits per heavy atom. The Morgan fingerprint density at radius 2 is 1.78 bits per heavy atom. The van der Waals surface area contributed by atoms with Crippen LogP contribution in [0.3, 0.4) is 0 Å². The van der Waals surface area contributed by atoms with E-state index in [9.17, 15) is 18.4 Å². The number of carbonyl (C=O) groups is 2. The molecular weight excluding hydrogens is 468 g/mol. The first-order chi connectivity index (χ1) is 17.3. The van der Waals surface area contributed by atoms with Gasteiger partial charge in [0.05, 0.1) is 11.3 Å². The second-order valence-corrected chi connectivity index (χ2v) is 8.88. The highest BCUT2D eigenvalue weighted by Gasteiger charge is 2.54. The normalized spacial score (nSPS) is 17.2. The van der Waals surface area contributed by atoms with Gasteiger partial charge in [0.25, 0.3) is 0 Å². The molecule has 2 aliphatic rings. The Labute approximate surface area is 206 Å². The number of benzene rings is 2. The number of nitrogens with zero attached hydrogens (tertiary/aromatic N) is 5. The molecule has 0 saturated carbocycles. The Balaban J connectivity index is 1.28. The van der Waals surface area contributed by atoms with Gasteiger partial charge in [-0.25, -0.2) is 9.97 Å². The lowest BCUT2D eigenvalue weighted by molar-refractivity contribution is -0.142. The second-order valence-electron chi connectivity index (χ2n) is 8.88. The number of amides is 2. The molecule has 2 aliphatic heterocycles. The van der Waals surface area contributed by atoms with Crippen molar-refractivity contribution >= 4 is 40.8 Å². The Bertz CT molecular complexity index is 1330. The first kappa shape index (κ1) is 23.6. The summed E-state index contributed by atoms with van der Waals surface area (Å²) in [5.74, 6) is -4.03. The van der Waals surface area contributed by atoms with Crippen molar-refractivity contribution in [3.05, 3.63) is 59.9 Å². The van der Waals surface area contributed by atoms with E-state index in [-0.39, 0.29) is 23.2 Å². The van der Waals surface area contributed by atoms with Crippen LogP contribution in [0, 0.1) is 6.92 Å². The van der Waals surface area contributed by atoms with Crippen molar-refractivity contribution in [3.63, 3.8) is 0 Å². The zero-order valence-corrected chi connectivity index (χ0v) is 19.8. The lowest BCUT2D eigenvalue weighted by atomic mass is 10.0. The van der Waals surface area contributed by atoms with E-state index in [0.717, 1.165) is 11.3 Å². The van der Waals surface area contributed by atoms with Gasteiger partial charge in [-0.3, -0.25) is 9.59 Å². The summed E-state index contributed by atoms with van der Waals surface area (Å²) >= 11 is 0. The van der Waals surface area contributed by atoms with Gasteiger partial charge in [-0.1, -0.05) is 24.3 Å². The van der Waals surface area contributed by atoms with Gasteiger partial charge < -0.3 is 20.4 Å². The van der Waals surface area contributed by atoms with Crippen LogP contribution in [0.1, 0.15) is 30.9 Å². The monoisotopic (exact) mass is 493 g/mol. The van der Waals surface area contributed by atoms with Crippen molar-refractivity contribution in [1.29, 1.82) is 0 Å². The maximum Gasteiger partial charge on any atom is 0.352 e. The molecular formula is C25H25F2N7O2. The Morgan fingerprint density at radius 1 is 1.06 bits per heavy atom. The molecule has 3 aromatic rings. The van der Waals surface area contributed by atoms with Gasteiger partial charge in [-0.15, -0.1) is 0 Å². The van der Waals surface area contributed by atoms with Gasteiger partial charge in [0.15, 0.2) is 0 Å². The van der Waals surface area contributed by atoms with Crippen molar-refractivity contribution < 1.29 is 18.4 Å². The fourth-order valence-corrected chi connectivity index (χ4v) is 4.73. The molecule has 5 rings (SSSR count). The van der Waals surface area contributed by atoms with E-state index in [1.54, 1.807) is 12.1 Å². The van der Waals surface area contributed by atoms with Crippen molar-refractivity contribution in [2.24, 2.45) is 0 Å². The average Bonchev–Trinajstić information content (AvgIpc) is 3.07. The SMILES string of the molecule is CC(=O)Nc1cccc(Nc2ncnc(N3CCC(N4C(=O)C(F)(F)c5ccccc54)CC3)n2)c1C. The van der Waals surface area contributed by atoms with Crippen LogP contribution in [0.4, 0.5) is 37.7 Å². The molecule has 2 aromatic carbocycles. The van der Waals surface area contributed by atoms with Crippen LogP contribution < -0.4 is 20.4 Å². The van der Waals surface area contributed by atoms with Crippen LogP contribution in [0.2, 0.25) is 0 Å². The highest BCUT2D eigenvalue weighted by atomic mass is 19.3. The van der Waals surface area contributed by atoms with Gasteiger partial charge in [0, 0.05) is 37.4 Å². The predicted octanol–water partition coefficient (Wildman–Crippen LogP) is 3.99. The molecule has 0 unspecified atom stereocenters. The quantitative estimate of drug-likeness (QED) is 0.554. The van der Waals surface area contributed by atoms with Crippen LogP contribution in [-0.2, 0) is 15.5 Å². The molecule has 1 saturated heterocycles. The van der Waals surface area contributed by atoms with Gasteiger partial charge in [-0.2, -0.15) is 13.8 Å². The Kier molecular flexibility index (Phi) is 5.99. The number of hydrogen-bond donors (Lipinski definition) is 2. The van der Waals surface area contributed by atoms with Gasteiger partial charge in [0.1, 0.15) is 6.33 Å². The molecule has 36 heavy (non-hydrogen) atoms. The summed E-state index contributed by atoms with van der Waals surface area (Å²) in [6, 6.07) is 11.2. The van der Waals surface area contributed by atoms with Gasteiger partial charge >= 0.3 is 11.8 Å². The molecule has 0 radical (unpaired) electrons. The first-order valence-corrected chi connectivity index (χ1v) is 11.6. The highest BCUT2D eigenvalue weighted by Crippen LogP contribution is 2.46. The summed E-state index contributed by atoms with van der Waals surface area (Å²) in [7, 11) is 0. The number of carbonyl (C=O) groups excluding carboxylic acids is 2. The van der Waals surface area contributed by atoms with E-state index in [1.807, 2.05) is 30.0 Å². The molecule has 1 aromatic heterocycles. The lowest BCUT2D eigenvalue weighted by Gasteiger charge is -2.36. The number of anilines is 5. The zero-order valence-electron chi connectivity index (χ0n) is 19.8. The topological polar surface area (TPSA) is 103 Å². The number of aromatic nitrogens is 3. The molecule has 11 heteroatoms. The smallest absolute Gasteiger partial charge is 0.341 e. The van der Waals surface area contributed by atoms with Crippen molar-refractivity contribution in [3.8, 4) is 0 Å². The van der Waals surface area contributed by atoms with Crippen LogP contribution in [-0.4, -0.2) is 45.9 Å². The summed E-state index contributed by atoms with van der Waals surface area (Å²) in [5, 5.41) is 5.96. The van der Waals surface area contributed by atoms with Crippen LogP contribution in [0.15, 0.2) is 48.8 Å². The van der Waals surface area contributed by atoms with E-state index in [1.165, 1.54) is 30.3 Å². The second kappa shape index (κ2) is 9.14. The average molecular weight is 494 g/mol. The molecule has 186 valence electrons. The summed E-state index contributed by atoms with van der Waals surface area (Å²) in [4.78, 5) is 40.2. The summed E-state index contributed by atoms with van der Waals surface area (Å²) in [5.41, 5.74) is 2.32. The van der Waals surface area contributed by atoms with Gasteiger partial charge in [0.2, 0.25) is 17.8 Å². The summed E-state index contributed by atoms with van der Waals surface area (Å²) in [6.45, 7) is 4.33. The molecule has 1 fully saturated rings. The minimum Gasteiger partial charge on any atom is -0.341 e. The molecule has 0 spiro atoms. The highest BCUT2D eigenvalue weighted by molar-refractivity contribution is 6.06. The number of nitrogens with one attached hydrogen (secondary N) is 2. The maximum absolute atomic E-state index is 14.6. The van der Waals surface area contributed by atoms with E-state index >= 15 is 0 Å². The van der Waals surface area contributed by atoms with Crippen LogP contribution in [0.5, 0.6) is 0 Å². The van der Waals surface area contributed by atoms with E-state index in [4.69, 9.17) is 0 Å². The van der Waals surface area contributed by atoms with Gasteiger partial charge in [-0.05, 0) is 43.5 Å². The predicted molar refractivity (Wildman–Crippen MR) is 132 cm³/mol. The zero-order chi connectivity index (χ0) is 25.4. The number of halogens is 2. The van der Waals surface area contributed by atoms with Crippen LogP contribution >= 0.6 is 0 Å². The minimum atomic E-state index is -3.50. The number of fused-ring (bicyclic) bond motifs is 1. The molecule has 0 atom stereocenters. The molecule has 2 N–H and O–H groups in total. The first-order valence-electron chi connectivity index (χ1n) is 11.6. The van der Waals surface area contributed by atoms with Crippen molar-refractivity contribution in [1.82, 2.24) is 15.0 Å². The number of piperidine rings is 1. The maximum atomic E-state index is 14.6. The lowest BCUT2D eigenvalue weighted by Crippen LogP contribution is -2.48. The fourth-order valence-electron chi connectivity index (χ4n) is 4.73. The molecule has 0 aliphatic carbocycles. The third kappa shape index (κ3) is 4.21. The van der Waals surface area contributed by atoms with Crippen molar-refractivity contribution in [2.45, 2.75) is 38.7 Å². The van der Waals surface area contributed by atoms with E-state index < -0.39 is 11.8 Å². The molecule has 2 amide bonds.